The van der Waals surface area contributed by atoms with Crippen LogP contribution in [-0.2, 0) is 9.59 Å². The topological polar surface area (TPSA) is 93.1 Å². The quantitative estimate of drug-likeness (QED) is 0.308. The highest BCUT2D eigenvalue weighted by atomic mass is 32.2. The van der Waals surface area contributed by atoms with Gasteiger partial charge in [0, 0.05) is 18.3 Å². The predicted molar refractivity (Wildman–Crippen MR) is 135 cm³/mol. The molecule has 0 fully saturated rings. The number of nitrogens with one attached hydrogen (secondary N) is 2. The smallest absolute Gasteiger partial charge is 0.276 e. The van der Waals surface area contributed by atoms with Crippen molar-refractivity contribution in [3.63, 3.8) is 0 Å². The summed E-state index contributed by atoms with van der Waals surface area (Å²) >= 11 is 2.56. The van der Waals surface area contributed by atoms with Crippen LogP contribution in [0.4, 0.5) is 11.4 Å². The number of carbonyl (C=O) groups is 2. The third kappa shape index (κ3) is 5.15. The lowest BCUT2D eigenvalue weighted by Crippen LogP contribution is -2.23. The highest BCUT2D eigenvalue weighted by Gasteiger charge is 2.17. The van der Waals surface area contributed by atoms with E-state index < -0.39 is 0 Å². The van der Waals surface area contributed by atoms with Gasteiger partial charge in [-0.3, -0.25) is 19.0 Å². The summed E-state index contributed by atoms with van der Waals surface area (Å²) in [6, 6.07) is 14.7. The van der Waals surface area contributed by atoms with Crippen molar-refractivity contribution in [2.45, 2.75) is 25.9 Å². The van der Waals surface area contributed by atoms with Crippen molar-refractivity contribution in [2.24, 2.45) is 0 Å². The standard InChI is InChI=1S/C24H22N4O3S2/c1-14-7-8-15(2)20(11-14)28-23(31)22-19(9-10-32-22)27-24(28)33-13-21(30)26-18-6-4-5-17(12-18)25-16(3)29/h4-12H,13H2,1-3H3,(H,25,29)(H,26,30). The molecule has 7 nitrogen and oxygen atoms in total. The fourth-order valence-corrected chi connectivity index (χ4v) is 4.93. The average molecular weight is 479 g/mol. The van der Waals surface area contributed by atoms with Crippen molar-refractivity contribution in [1.29, 1.82) is 0 Å². The van der Waals surface area contributed by atoms with Crippen LogP contribution in [0.3, 0.4) is 0 Å². The Bertz CT molecular complexity index is 1420. The fourth-order valence-electron chi connectivity index (χ4n) is 3.37. The highest BCUT2D eigenvalue weighted by Crippen LogP contribution is 2.26. The number of amides is 2. The van der Waals surface area contributed by atoms with E-state index in [1.165, 1.54) is 30.0 Å². The first kappa shape index (κ1) is 22.8. The second kappa shape index (κ2) is 9.60. The van der Waals surface area contributed by atoms with Gasteiger partial charge in [-0.1, -0.05) is 30.0 Å². The first-order valence-corrected chi connectivity index (χ1v) is 12.1. The van der Waals surface area contributed by atoms with E-state index in [9.17, 15) is 14.4 Å². The summed E-state index contributed by atoms with van der Waals surface area (Å²) in [5.74, 6) is -0.363. The SMILES string of the molecule is CC(=O)Nc1cccc(NC(=O)CSc2nc3ccsc3c(=O)n2-c2cc(C)ccc2C)c1. The minimum absolute atomic E-state index is 0.0668. The molecule has 2 heterocycles. The molecular formula is C24H22N4O3S2. The van der Waals surface area contributed by atoms with E-state index in [4.69, 9.17) is 0 Å². The van der Waals surface area contributed by atoms with Crippen LogP contribution in [-0.4, -0.2) is 27.1 Å². The van der Waals surface area contributed by atoms with Gasteiger partial charge >= 0.3 is 0 Å². The normalized spacial score (nSPS) is 10.9. The van der Waals surface area contributed by atoms with Gasteiger partial charge in [-0.15, -0.1) is 11.3 Å². The number of benzene rings is 2. The zero-order valence-electron chi connectivity index (χ0n) is 18.3. The van der Waals surface area contributed by atoms with Crippen LogP contribution in [0.15, 0.2) is 63.9 Å². The molecule has 0 unspecified atom stereocenters. The van der Waals surface area contributed by atoms with Gasteiger partial charge in [0.2, 0.25) is 11.8 Å². The van der Waals surface area contributed by atoms with E-state index in [2.05, 4.69) is 15.6 Å². The van der Waals surface area contributed by atoms with Gasteiger partial charge in [0.1, 0.15) is 4.70 Å². The molecule has 0 aliphatic rings. The van der Waals surface area contributed by atoms with Crippen molar-refractivity contribution in [1.82, 2.24) is 9.55 Å². The highest BCUT2D eigenvalue weighted by molar-refractivity contribution is 7.99. The Hall–Kier alpha value is -3.43. The summed E-state index contributed by atoms with van der Waals surface area (Å²) in [5, 5.41) is 7.82. The van der Waals surface area contributed by atoms with E-state index in [0.29, 0.717) is 26.7 Å². The fraction of sp³-hybridized carbons (Fsp3) is 0.167. The van der Waals surface area contributed by atoms with Gasteiger partial charge in [0.25, 0.3) is 5.56 Å². The zero-order chi connectivity index (χ0) is 23.5. The lowest BCUT2D eigenvalue weighted by atomic mass is 10.1. The molecule has 168 valence electrons. The van der Waals surface area contributed by atoms with Gasteiger partial charge < -0.3 is 10.6 Å². The van der Waals surface area contributed by atoms with E-state index in [-0.39, 0.29) is 23.1 Å². The number of rotatable bonds is 6. The van der Waals surface area contributed by atoms with Gasteiger partial charge in [0.05, 0.1) is 17.0 Å². The van der Waals surface area contributed by atoms with Crippen LogP contribution in [0.25, 0.3) is 15.9 Å². The second-order valence-electron chi connectivity index (χ2n) is 7.56. The largest absolute Gasteiger partial charge is 0.326 e. The van der Waals surface area contributed by atoms with Gasteiger partial charge in [-0.05, 0) is 60.7 Å². The molecule has 0 saturated carbocycles. The Labute approximate surface area is 198 Å². The molecule has 0 aliphatic carbocycles. The van der Waals surface area contributed by atoms with Crippen LogP contribution >= 0.6 is 23.1 Å². The molecule has 2 aromatic heterocycles. The number of thioether (sulfide) groups is 1. The second-order valence-corrected chi connectivity index (χ2v) is 9.42. The molecule has 4 aromatic rings. The van der Waals surface area contributed by atoms with E-state index in [1.807, 2.05) is 43.5 Å². The molecule has 0 spiro atoms. The lowest BCUT2D eigenvalue weighted by molar-refractivity contribution is -0.114. The van der Waals surface area contributed by atoms with Gasteiger partial charge in [0.15, 0.2) is 5.16 Å². The summed E-state index contributed by atoms with van der Waals surface area (Å²) in [6.45, 7) is 5.35. The maximum Gasteiger partial charge on any atom is 0.276 e. The number of hydrogen-bond acceptors (Lipinski definition) is 6. The van der Waals surface area contributed by atoms with Crippen LogP contribution < -0.4 is 16.2 Å². The Morgan fingerprint density at radius 3 is 2.58 bits per heavy atom. The maximum atomic E-state index is 13.3. The molecule has 0 saturated heterocycles. The summed E-state index contributed by atoms with van der Waals surface area (Å²) in [4.78, 5) is 41.9. The molecule has 0 radical (unpaired) electrons. The number of fused-ring (bicyclic) bond motifs is 1. The monoisotopic (exact) mass is 478 g/mol. The third-order valence-electron chi connectivity index (χ3n) is 4.85. The number of anilines is 2. The number of hydrogen-bond donors (Lipinski definition) is 2. The van der Waals surface area contributed by atoms with Crippen molar-refractivity contribution in [3.8, 4) is 5.69 Å². The molecule has 33 heavy (non-hydrogen) atoms. The summed E-state index contributed by atoms with van der Waals surface area (Å²) in [5.41, 5.74) is 4.38. The van der Waals surface area contributed by atoms with Gasteiger partial charge in [-0.2, -0.15) is 0 Å². The average Bonchev–Trinajstić information content (AvgIpc) is 3.23. The number of aromatic nitrogens is 2. The predicted octanol–water partition coefficient (Wildman–Crippen LogP) is 4.75. The van der Waals surface area contributed by atoms with Gasteiger partial charge in [-0.25, -0.2) is 4.98 Å². The Kier molecular flexibility index (Phi) is 6.62. The van der Waals surface area contributed by atoms with Crippen LogP contribution in [0.5, 0.6) is 0 Å². The Morgan fingerprint density at radius 2 is 1.82 bits per heavy atom. The van der Waals surface area contributed by atoms with Crippen LogP contribution in [0.2, 0.25) is 0 Å². The van der Waals surface area contributed by atoms with Crippen molar-refractivity contribution in [3.05, 3.63) is 75.4 Å². The molecule has 4 rings (SSSR count). The summed E-state index contributed by atoms with van der Waals surface area (Å²) in [6.07, 6.45) is 0. The zero-order valence-corrected chi connectivity index (χ0v) is 20.0. The third-order valence-corrected chi connectivity index (χ3v) is 6.68. The maximum absolute atomic E-state index is 13.3. The molecular weight excluding hydrogens is 456 g/mol. The number of aryl methyl sites for hydroxylation is 2. The lowest BCUT2D eigenvalue weighted by Gasteiger charge is -2.15. The summed E-state index contributed by atoms with van der Waals surface area (Å²) < 4.78 is 2.18. The Morgan fingerprint density at radius 1 is 1.06 bits per heavy atom. The minimum atomic E-state index is -0.243. The van der Waals surface area contributed by atoms with E-state index in [0.717, 1.165) is 16.8 Å². The van der Waals surface area contributed by atoms with Crippen molar-refractivity contribution < 1.29 is 9.59 Å². The number of thiophene rings is 1. The van der Waals surface area contributed by atoms with E-state index in [1.54, 1.807) is 28.8 Å². The molecule has 2 aromatic carbocycles. The van der Waals surface area contributed by atoms with Crippen LogP contribution in [0.1, 0.15) is 18.1 Å². The molecule has 0 aliphatic heterocycles. The number of nitrogens with zero attached hydrogens (tertiary/aromatic N) is 2. The van der Waals surface area contributed by atoms with Crippen molar-refractivity contribution >= 4 is 56.5 Å². The molecule has 2 N–H and O–H groups in total. The summed E-state index contributed by atoms with van der Waals surface area (Å²) in [7, 11) is 0. The van der Waals surface area contributed by atoms with E-state index >= 15 is 0 Å². The number of carbonyl (C=O) groups excluding carboxylic acids is 2. The van der Waals surface area contributed by atoms with Crippen molar-refractivity contribution in [2.75, 3.05) is 16.4 Å². The molecule has 0 bridgehead atoms. The van der Waals surface area contributed by atoms with Crippen LogP contribution in [0, 0.1) is 13.8 Å². The molecule has 9 heteroatoms. The first-order chi connectivity index (χ1) is 15.8. The first-order valence-electron chi connectivity index (χ1n) is 10.2. The Balaban J connectivity index is 1.61. The minimum Gasteiger partial charge on any atom is -0.326 e. The molecule has 2 amide bonds. The molecule has 0 atom stereocenters.